The Morgan fingerprint density at radius 3 is 2.62 bits per heavy atom. The molecule has 1 aromatic carbocycles. The van der Waals surface area contributed by atoms with Crippen LogP contribution in [0.15, 0.2) is 36.4 Å². The van der Waals surface area contributed by atoms with Crippen LogP contribution >= 0.6 is 0 Å². The molecular weight excluding hydrogens is 334 g/mol. The second-order valence-electron chi connectivity index (χ2n) is 6.51. The first-order chi connectivity index (χ1) is 12.6. The molecule has 1 aliphatic heterocycles. The number of carbonyl (C=O) groups excluding carboxylic acids is 1. The molecule has 1 atom stereocenters. The number of hydrogen-bond donors (Lipinski definition) is 2. The first-order valence-corrected chi connectivity index (χ1v) is 8.71. The second kappa shape index (κ2) is 8.14. The fraction of sp³-hybridized carbons (Fsp3) is 0.421. The molecule has 0 radical (unpaired) electrons. The molecule has 0 spiro atoms. The summed E-state index contributed by atoms with van der Waals surface area (Å²) in [5.74, 6) is -0.673. The van der Waals surface area contributed by atoms with Gasteiger partial charge in [-0.05, 0) is 24.5 Å². The molecular formula is C19H23N3O4. The van der Waals surface area contributed by atoms with Gasteiger partial charge in [-0.1, -0.05) is 30.3 Å². The molecule has 0 aliphatic carbocycles. The third-order valence-electron chi connectivity index (χ3n) is 4.78. The number of hydrogen-bond acceptors (Lipinski definition) is 4. The van der Waals surface area contributed by atoms with Gasteiger partial charge in [0.2, 0.25) is 0 Å². The first kappa shape index (κ1) is 18.1. The minimum absolute atomic E-state index is 0.0225. The lowest BCUT2D eigenvalue weighted by molar-refractivity contribution is -0.143. The molecule has 3 rings (SSSR count). The van der Waals surface area contributed by atoms with Crippen molar-refractivity contribution in [2.45, 2.75) is 31.3 Å². The quantitative estimate of drug-likeness (QED) is 0.826. The summed E-state index contributed by atoms with van der Waals surface area (Å²) < 4.78 is 5.44. The average molecular weight is 357 g/mol. The van der Waals surface area contributed by atoms with Gasteiger partial charge in [0.1, 0.15) is 0 Å². The number of H-pyrrole nitrogens is 1. The maximum absolute atomic E-state index is 12.8. The summed E-state index contributed by atoms with van der Waals surface area (Å²) in [5, 5.41) is 15.9. The van der Waals surface area contributed by atoms with Crippen LogP contribution in [-0.4, -0.2) is 52.3 Å². The Morgan fingerprint density at radius 1 is 1.31 bits per heavy atom. The van der Waals surface area contributed by atoms with Crippen LogP contribution in [0.2, 0.25) is 0 Å². The first-order valence-electron chi connectivity index (χ1n) is 8.71. The standard InChI is InChI=1S/C19H23N3O4/c1-26-18(14-5-3-2-4-6-14)19(25)22-9-7-13(8-10-22)16-11-15(20-21-16)12-17(23)24/h2-6,11,13,18H,7-10,12H2,1H3,(H,20,21)(H,23,24)/t18-/m0/s1. The van der Waals surface area contributed by atoms with Gasteiger partial charge in [-0.15, -0.1) is 0 Å². The van der Waals surface area contributed by atoms with E-state index in [0.29, 0.717) is 18.8 Å². The normalized spacial score (nSPS) is 16.4. The molecule has 1 aromatic heterocycles. The number of aromatic amines is 1. The summed E-state index contributed by atoms with van der Waals surface area (Å²) in [4.78, 5) is 25.4. The number of benzene rings is 1. The van der Waals surface area contributed by atoms with E-state index in [1.165, 1.54) is 0 Å². The van der Waals surface area contributed by atoms with Crippen LogP contribution in [0.5, 0.6) is 0 Å². The molecule has 1 fully saturated rings. The monoisotopic (exact) mass is 357 g/mol. The maximum atomic E-state index is 12.8. The molecule has 0 bridgehead atoms. The van der Waals surface area contributed by atoms with Crippen LogP contribution in [0.4, 0.5) is 0 Å². The summed E-state index contributed by atoms with van der Waals surface area (Å²) in [6.07, 6.45) is 0.958. The largest absolute Gasteiger partial charge is 0.481 e. The molecule has 0 saturated carbocycles. The van der Waals surface area contributed by atoms with Crippen LogP contribution in [-0.2, 0) is 20.7 Å². The Balaban J connectivity index is 1.60. The lowest BCUT2D eigenvalue weighted by Crippen LogP contribution is -2.41. The van der Waals surface area contributed by atoms with Gasteiger partial charge < -0.3 is 14.7 Å². The van der Waals surface area contributed by atoms with Crippen molar-refractivity contribution in [3.05, 3.63) is 53.3 Å². The van der Waals surface area contributed by atoms with E-state index in [9.17, 15) is 9.59 Å². The average Bonchev–Trinajstić information content (AvgIpc) is 3.11. The molecule has 26 heavy (non-hydrogen) atoms. The molecule has 1 saturated heterocycles. The van der Waals surface area contributed by atoms with E-state index >= 15 is 0 Å². The molecule has 2 aromatic rings. The number of carbonyl (C=O) groups is 2. The van der Waals surface area contributed by atoms with Gasteiger partial charge in [0.15, 0.2) is 6.10 Å². The zero-order chi connectivity index (χ0) is 18.5. The Bertz CT molecular complexity index is 751. The highest BCUT2D eigenvalue weighted by molar-refractivity contribution is 5.82. The van der Waals surface area contributed by atoms with Crippen LogP contribution in [0.3, 0.4) is 0 Å². The van der Waals surface area contributed by atoms with E-state index in [4.69, 9.17) is 9.84 Å². The molecule has 2 heterocycles. The third-order valence-corrected chi connectivity index (χ3v) is 4.78. The number of aromatic nitrogens is 2. The SMILES string of the molecule is CO[C@H](C(=O)N1CCC(c2cc(CC(=O)O)[nH]n2)CC1)c1ccccc1. The number of aliphatic carboxylic acids is 1. The van der Waals surface area contributed by atoms with Gasteiger partial charge in [-0.25, -0.2) is 0 Å². The molecule has 0 unspecified atom stereocenters. The van der Waals surface area contributed by atoms with E-state index in [0.717, 1.165) is 24.1 Å². The lowest BCUT2D eigenvalue weighted by atomic mass is 9.92. The Labute approximate surface area is 152 Å². The van der Waals surface area contributed by atoms with Crippen molar-refractivity contribution in [1.82, 2.24) is 15.1 Å². The summed E-state index contributed by atoms with van der Waals surface area (Å²) in [7, 11) is 1.55. The molecule has 7 nitrogen and oxygen atoms in total. The Morgan fingerprint density at radius 2 is 2.00 bits per heavy atom. The summed E-state index contributed by atoms with van der Waals surface area (Å²) >= 11 is 0. The van der Waals surface area contributed by atoms with Crippen molar-refractivity contribution in [2.75, 3.05) is 20.2 Å². The van der Waals surface area contributed by atoms with Crippen molar-refractivity contribution < 1.29 is 19.4 Å². The predicted octanol–water partition coefficient (Wildman–Crippen LogP) is 2.13. The van der Waals surface area contributed by atoms with Crippen LogP contribution < -0.4 is 0 Å². The van der Waals surface area contributed by atoms with Gasteiger partial charge in [0.05, 0.1) is 12.1 Å². The van der Waals surface area contributed by atoms with E-state index in [1.807, 2.05) is 41.3 Å². The highest BCUT2D eigenvalue weighted by atomic mass is 16.5. The molecule has 2 N–H and O–H groups in total. The number of carboxylic acids is 1. The number of amides is 1. The summed E-state index contributed by atoms with van der Waals surface area (Å²) in [6.45, 7) is 1.27. The van der Waals surface area contributed by atoms with Crippen molar-refractivity contribution in [2.24, 2.45) is 0 Å². The zero-order valence-electron chi connectivity index (χ0n) is 14.7. The van der Waals surface area contributed by atoms with Gasteiger partial charge in [-0.2, -0.15) is 5.10 Å². The van der Waals surface area contributed by atoms with Crippen molar-refractivity contribution >= 4 is 11.9 Å². The van der Waals surface area contributed by atoms with Gasteiger partial charge >= 0.3 is 5.97 Å². The number of ether oxygens (including phenoxy) is 1. The van der Waals surface area contributed by atoms with Crippen LogP contribution in [0.25, 0.3) is 0 Å². The van der Waals surface area contributed by atoms with Crippen molar-refractivity contribution in [1.29, 1.82) is 0 Å². The van der Waals surface area contributed by atoms with Gasteiger partial charge in [-0.3, -0.25) is 14.7 Å². The van der Waals surface area contributed by atoms with Crippen molar-refractivity contribution in [3.8, 4) is 0 Å². The number of piperidine rings is 1. The van der Waals surface area contributed by atoms with E-state index in [2.05, 4.69) is 10.2 Å². The molecule has 138 valence electrons. The van der Waals surface area contributed by atoms with E-state index in [1.54, 1.807) is 7.11 Å². The number of rotatable bonds is 6. The summed E-state index contributed by atoms with van der Waals surface area (Å²) in [5.41, 5.74) is 2.34. The Kier molecular flexibility index (Phi) is 5.68. The highest BCUT2D eigenvalue weighted by Gasteiger charge is 2.30. The predicted molar refractivity (Wildman–Crippen MR) is 94.7 cm³/mol. The topological polar surface area (TPSA) is 95.5 Å². The number of likely N-dealkylation sites (tertiary alicyclic amines) is 1. The number of nitrogens with zero attached hydrogens (tertiary/aromatic N) is 2. The van der Waals surface area contributed by atoms with Crippen molar-refractivity contribution in [3.63, 3.8) is 0 Å². The fourth-order valence-corrected chi connectivity index (χ4v) is 3.41. The molecule has 1 aliphatic rings. The van der Waals surface area contributed by atoms with Crippen LogP contribution in [0.1, 0.15) is 41.8 Å². The lowest BCUT2D eigenvalue weighted by Gasteiger charge is -2.33. The zero-order valence-corrected chi connectivity index (χ0v) is 14.7. The van der Waals surface area contributed by atoms with Crippen LogP contribution in [0, 0.1) is 0 Å². The van der Waals surface area contributed by atoms with E-state index in [-0.39, 0.29) is 18.2 Å². The second-order valence-corrected chi connectivity index (χ2v) is 6.51. The smallest absolute Gasteiger partial charge is 0.309 e. The van der Waals surface area contributed by atoms with Gasteiger partial charge in [0, 0.05) is 31.8 Å². The highest BCUT2D eigenvalue weighted by Crippen LogP contribution is 2.29. The third kappa shape index (κ3) is 4.11. The molecule has 1 amide bonds. The number of methoxy groups -OCH3 is 1. The van der Waals surface area contributed by atoms with E-state index < -0.39 is 12.1 Å². The minimum Gasteiger partial charge on any atom is -0.481 e. The van der Waals surface area contributed by atoms with Gasteiger partial charge in [0.25, 0.3) is 5.91 Å². The number of carboxylic acid groups (broad SMARTS) is 1. The molecule has 7 heteroatoms. The number of nitrogens with one attached hydrogen (secondary N) is 1. The Hall–Kier alpha value is -2.67. The minimum atomic E-state index is -0.882. The summed E-state index contributed by atoms with van der Waals surface area (Å²) in [6, 6.07) is 11.3. The fourth-order valence-electron chi connectivity index (χ4n) is 3.41. The maximum Gasteiger partial charge on any atom is 0.309 e.